The number of aliphatic hydroxyl groups is 1. The number of hydrogen-bond acceptors (Lipinski definition) is 3. The summed E-state index contributed by atoms with van der Waals surface area (Å²) in [6.45, 7) is 10.2. The molecule has 0 spiro atoms. The van der Waals surface area contributed by atoms with Gasteiger partial charge in [-0.05, 0) is 32.5 Å². The van der Waals surface area contributed by atoms with E-state index in [-0.39, 0.29) is 12.6 Å². The Kier molecular flexibility index (Phi) is 8.14. The van der Waals surface area contributed by atoms with Gasteiger partial charge in [0.15, 0.2) is 0 Å². The second-order valence-corrected chi connectivity index (χ2v) is 4.24. The van der Waals surface area contributed by atoms with Gasteiger partial charge < -0.3 is 15.3 Å². The van der Waals surface area contributed by atoms with Crippen molar-refractivity contribution in [2.75, 3.05) is 33.3 Å². The van der Waals surface area contributed by atoms with Gasteiger partial charge in [-0.15, -0.1) is 0 Å². The van der Waals surface area contributed by atoms with Crippen LogP contribution in [0.1, 0.15) is 27.2 Å². The van der Waals surface area contributed by atoms with E-state index < -0.39 is 0 Å². The molecule has 0 aliphatic carbocycles. The van der Waals surface area contributed by atoms with Crippen LogP contribution in [0.15, 0.2) is 0 Å². The molecule has 3 nitrogen and oxygen atoms in total. The third-order valence-electron chi connectivity index (χ3n) is 2.49. The van der Waals surface area contributed by atoms with Crippen molar-refractivity contribution in [1.29, 1.82) is 0 Å². The van der Waals surface area contributed by atoms with E-state index in [0.717, 1.165) is 32.0 Å². The highest BCUT2D eigenvalue weighted by atomic mass is 16.3. The SMILES string of the molecule is CCN(CCC(CO)NC)CC(C)C. The summed E-state index contributed by atoms with van der Waals surface area (Å²) in [5, 5.41) is 12.1. The van der Waals surface area contributed by atoms with Crippen molar-refractivity contribution < 1.29 is 5.11 Å². The van der Waals surface area contributed by atoms with E-state index in [2.05, 4.69) is 31.0 Å². The second kappa shape index (κ2) is 8.21. The van der Waals surface area contributed by atoms with Crippen LogP contribution in [0.2, 0.25) is 0 Å². The molecular weight excluding hydrogens is 176 g/mol. The molecule has 0 amide bonds. The number of aliphatic hydroxyl groups excluding tert-OH is 1. The second-order valence-electron chi connectivity index (χ2n) is 4.24. The quantitative estimate of drug-likeness (QED) is 0.615. The molecule has 0 rings (SSSR count). The first kappa shape index (κ1) is 13.9. The Balaban J connectivity index is 3.70. The van der Waals surface area contributed by atoms with E-state index in [1.54, 1.807) is 0 Å². The van der Waals surface area contributed by atoms with Gasteiger partial charge in [0.2, 0.25) is 0 Å². The van der Waals surface area contributed by atoms with Crippen molar-refractivity contribution in [2.24, 2.45) is 5.92 Å². The largest absolute Gasteiger partial charge is 0.395 e. The van der Waals surface area contributed by atoms with E-state index in [4.69, 9.17) is 5.11 Å². The smallest absolute Gasteiger partial charge is 0.0585 e. The maximum atomic E-state index is 9.01. The Bertz CT molecular complexity index is 124. The van der Waals surface area contributed by atoms with Crippen molar-refractivity contribution >= 4 is 0 Å². The van der Waals surface area contributed by atoms with Gasteiger partial charge in [0.1, 0.15) is 0 Å². The minimum absolute atomic E-state index is 0.232. The molecular formula is C11H26N2O. The molecule has 0 aromatic heterocycles. The Labute approximate surface area is 88.5 Å². The first-order valence-electron chi connectivity index (χ1n) is 5.64. The van der Waals surface area contributed by atoms with E-state index >= 15 is 0 Å². The zero-order valence-corrected chi connectivity index (χ0v) is 10.1. The normalized spacial score (nSPS) is 13.9. The lowest BCUT2D eigenvalue weighted by molar-refractivity contribution is 0.204. The highest BCUT2D eigenvalue weighted by Gasteiger charge is 2.08. The predicted molar refractivity (Wildman–Crippen MR) is 61.5 cm³/mol. The van der Waals surface area contributed by atoms with Gasteiger partial charge in [0.05, 0.1) is 6.61 Å². The molecule has 0 aliphatic rings. The van der Waals surface area contributed by atoms with Crippen molar-refractivity contribution in [2.45, 2.75) is 33.2 Å². The molecule has 0 aromatic rings. The van der Waals surface area contributed by atoms with Gasteiger partial charge in [0.25, 0.3) is 0 Å². The van der Waals surface area contributed by atoms with E-state index in [0.29, 0.717) is 0 Å². The maximum absolute atomic E-state index is 9.01. The van der Waals surface area contributed by atoms with Crippen molar-refractivity contribution in [3.63, 3.8) is 0 Å². The lowest BCUT2D eigenvalue weighted by Gasteiger charge is -2.24. The predicted octanol–water partition coefficient (Wildman–Crippen LogP) is 0.935. The minimum Gasteiger partial charge on any atom is -0.395 e. The van der Waals surface area contributed by atoms with Crippen molar-refractivity contribution in [1.82, 2.24) is 10.2 Å². The average molecular weight is 202 g/mol. The topological polar surface area (TPSA) is 35.5 Å². The summed E-state index contributed by atoms with van der Waals surface area (Å²) >= 11 is 0. The summed E-state index contributed by atoms with van der Waals surface area (Å²) in [7, 11) is 1.90. The number of nitrogens with zero attached hydrogens (tertiary/aromatic N) is 1. The molecule has 0 fully saturated rings. The molecule has 0 heterocycles. The van der Waals surface area contributed by atoms with Crippen LogP contribution in [0, 0.1) is 5.92 Å². The van der Waals surface area contributed by atoms with Gasteiger partial charge in [-0.2, -0.15) is 0 Å². The van der Waals surface area contributed by atoms with Crippen LogP contribution < -0.4 is 5.32 Å². The highest BCUT2D eigenvalue weighted by Crippen LogP contribution is 2.01. The molecule has 0 radical (unpaired) electrons. The Morgan fingerprint density at radius 3 is 2.36 bits per heavy atom. The van der Waals surface area contributed by atoms with Gasteiger partial charge in [0, 0.05) is 12.6 Å². The van der Waals surface area contributed by atoms with Gasteiger partial charge in [-0.25, -0.2) is 0 Å². The van der Waals surface area contributed by atoms with Crippen LogP contribution in [0.4, 0.5) is 0 Å². The molecule has 3 heteroatoms. The molecule has 2 N–H and O–H groups in total. The van der Waals surface area contributed by atoms with Crippen LogP contribution in [0.3, 0.4) is 0 Å². The third-order valence-corrected chi connectivity index (χ3v) is 2.49. The van der Waals surface area contributed by atoms with Gasteiger partial charge in [-0.1, -0.05) is 20.8 Å². The minimum atomic E-state index is 0.232. The highest BCUT2D eigenvalue weighted by molar-refractivity contribution is 4.66. The van der Waals surface area contributed by atoms with Crippen molar-refractivity contribution in [3.8, 4) is 0 Å². The number of nitrogens with one attached hydrogen (secondary N) is 1. The molecule has 86 valence electrons. The number of rotatable bonds is 8. The van der Waals surface area contributed by atoms with E-state index in [1.165, 1.54) is 0 Å². The van der Waals surface area contributed by atoms with E-state index in [9.17, 15) is 0 Å². The number of likely N-dealkylation sites (N-methyl/N-ethyl adjacent to an activating group) is 1. The first-order chi connectivity index (χ1) is 6.63. The lowest BCUT2D eigenvalue weighted by Crippen LogP contribution is -2.36. The van der Waals surface area contributed by atoms with Gasteiger partial charge >= 0.3 is 0 Å². The maximum Gasteiger partial charge on any atom is 0.0585 e. The first-order valence-corrected chi connectivity index (χ1v) is 5.64. The summed E-state index contributed by atoms with van der Waals surface area (Å²) in [4.78, 5) is 2.44. The molecule has 14 heavy (non-hydrogen) atoms. The van der Waals surface area contributed by atoms with Gasteiger partial charge in [-0.3, -0.25) is 0 Å². The van der Waals surface area contributed by atoms with Crippen LogP contribution >= 0.6 is 0 Å². The Morgan fingerprint density at radius 2 is 2.00 bits per heavy atom. The molecule has 0 aromatic carbocycles. The zero-order valence-electron chi connectivity index (χ0n) is 10.1. The monoisotopic (exact) mass is 202 g/mol. The van der Waals surface area contributed by atoms with E-state index in [1.807, 2.05) is 7.05 Å². The summed E-state index contributed by atoms with van der Waals surface area (Å²) in [5.74, 6) is 0.720. The summed E-state index contributed by atoms with van der Waals surface area (Å²) in [6.07, 6.45) is 1.02. The van der Waals surface area contributed by atoms with Crippen LogP contribution in [-0.4, -0.2) is 49.3 Å². The zero-order chi connectivity index (χ0) is 11.0. The summed E-state index contributed by atoms with van der Waals surface area (Å²) in [5.41, 5.74) is 0. The van der Waals surface area contributed by atoms with Crippen LogP contribution in [0.25, 0.3) is 0 Å². The Hall–Kier alpha value is -0.120. The van der Waals surface area contributed by atoms with Crippen molar-refractivity contribution in [3.05, 3.63) is 0 Å². The fourth-order valence-electron chi connectivity index (χ4n) is 1.56. The average Bonchev–Trinajstić information content (AvgIpc) is 2.17. The molecule has 1 atom stereocenters. The Morgan fingerprint density at radius 1 is 1.36 bits per heavy atom. The molecule has 0 saturated heterocycles. The molecule has 0 bridgehead atoms. The van der Waals surface area contributed by atoms with Crippen LogP contribution in [0.5, 0.6) is 0 Å². The molecule has 0 aliphatic heterocycles. The summed E-state index contributed by atoms with van der Waals surface area (Å²) < 4.78 is 0. The fraction of sp³-hybridized carbons (Fsp3) is 1.00. The lowest BCUT2D eigenvalue weighted by atomic mass is 10.1. The van der Waals surface area contributed by atoms with Crippen LogP contribution in [-0.2, 0) is 0 Å². The standard InChI is InChI=1S/C11H26N2O/c1-5-13(8-10(2)3)7-6-11(9-14)12-4/h10-12,14H,5-9H2,1-4H3. The number of hydrogen-bond donors (Lipinski definition) is 2. The molecule has 1 unspecified atom stereocenters. The molecule has 0 saturated carbocycles. The fourth-order valence-corrected chi connectivity index (χ4v) is 1.56. The third kappa shape index (κ3) is 6.35. The summed E-state index contributed by atoms with van der Waals surface area (Å²) in [6, 6.07) is 0.246.